The van der Waals surface area contributed by atoms with E-state index in [4.69, 9.17) is 5.10 Å². The lowest BCUT2D eigenvalue weighted by atomic mass is 10.1. The Balaban J connectivity index is 1.42. The molecule has 2 aromatic heterocycles. The van der Waals surface area contributed by atoms with E-state index in [-0.39, 0.29) is 17.0 Å². The molecule has 1 fully saturated rings. The molecule has 2 heterocycles. The van der Waals surface area contributed by atoms with Crippen molar-refractivity contribution in [2.75, 3.05) is 0 Å². The van der Waals surface area contributed by atoms with Crippen LogP contribution in [-0.2, 0) is 18.6 Å². The first-order chi connectivity index (χ1) is 14.3. The van der Waals surface area contributed by atoms with Gasteiger partial charge in [-0.1, -0.05) is 30.3 Å². The number of carbonyl (C=O) groups is 1. The van der Waals surface area contributed by atoms with Crippen LogP contribution in [0.5, 0.6) is 0 Å². The Labute approximate surface area is 176 Å². The summed E-state index contributed by atoms with van der Waals surface area (Å²) in [4.78, 5) is 24.7. The van der Waals surface area contributed by atoms with E-state index in [0.29, 0.717) is 24.7 Å². The first kappa shape index (κ1) is 20.1. The van der Waals surface area contributed by atoms with Gasteiger partial charge in [0.25, 0.3) is 11.5 Å². The number of carbonyl (C=O) groups excluding carboxylic acids is 1. The van der Waals surface area contributed by atoms with Gasteiger partial charge in [-0.05, 0) is 56.9 Å². The molecular weight excluding hydrogens is 376 g/mol. The summed E-state index contributed by atoms with van der Waals surface area (Å²) in [5.41, 5.74) is 3.42. The normalized spacial score (nSPS) is 14.0. The number of nitrogens with one attached hydrogen (secondary N) is 1. The molecule has 4 rings (SSSR count). The zero-order chi connectivity index (χ0) is 21.3. The topological polar surface area (TPSA) is 68.9 Å². The van der Waals surface area contributed by atoms with E-state index in [0.717, 1.165) is 29.7 Å². The summed E-state index contributed by atoms with van der Waals surface area (Å²) in [5.74, 6) is 0.397. The smallest absolute Gasteiger partial charge is 0.269 e. The number of hydrogen-bond acceptors (Lipinski definition) is 3. The van der Waals surface area contributed by atoms with E-state index in [2.05, 4.69) is 26.1 Å². The summed E-state index contributed by atoms with van der Waals surface area (Å²) in [6, 6.07) is 15.0. The van der Waals surface area contributed by atoms with Gasteiger partial charge in [0.1, 0.15) is 5.69 Å². The van der Waals surface area contributed by atoms with E-state index in [1.165, 1.54) is 0 Å². The zero-order valence-electron chi connectivity index (χ0n) is 17.8. The molecule has 1 aromatic carbocycles. The van der Waals surface area contributed by atoms with Gasteiger partial charge in [0.15, 0.2) is 0 Å². The second-order valence-electron chi connectivity index (χ2n) is 8.98. The van der Waals surface area contributed by atoms with Gasteiger partial charge in [-0.25, -0.2) is 0 Å². The maximum atomic E-state index is 12.9. The number of rotatable bonds is 6. The Bertz CT molecular complexity index is 1100. The SMILES string of the molecule is CC(C)(C)n1nc(C2CC2)cc1C(=O)NCc1ccc(Cn2ccccc2=O)cc1. The maximum absolute atomic E-state index is 12.9. The van der Waals surface area contributed by atoms with Gasteiger partial charge >= 0.3 is 0 Å². The number of pyridine rings is 1. The van der Waals surface area contributed by atoms with E-state index in [9.17, 15) is 9.59 Å². The van der Waals surface area contributed by atoms with Crippen LogP contribution in [0.3, 0.4) is 0 Å². The molecule has 0 spiro atoms. The predicted octanol–water partition coefficient (Wildman–Crippen LogP) is 3.66. The molecule has 1 aliphatic carbocycles. The van der Waals surface area contributed by atoms with Crippen LogP contribution in [0.25, 0.3) is 0 Å². The third-order valence-corrected chi connectivity index (χ3v) is 5.32. The van der Waals surface area contributed by atoms with Gasteiger partial charge in [-0.2, -0.15) is 5.10 Å². The lowest BCUT2D eigenvalue weighted by Crippen LogP contribution is -2.32. The summed E-state index contributed by atoms with van der Waals surface area (Å²) >= 11 is 0. The van der Waals surface area contributed by atoms with Crippen LogP contribution in [0.1, 0.15) is 66.8 Å². The summed E-state index contributed by atoms with van der Waals surface area (Å²) in [7, 11) is 0. The van der Waals surface area contributed by atoms with Crippen LogP contribution in [0.4, 0.5) is 0 Å². The van der Waals surface area contributed by atoms with Gasteiger partial charge in [0.05, 0.1) is 17.8 Å². The molecule has 0 saturated heterocycles. The summed E-state index contributed by atoms with van der Waals surface area (Å²) in [5, 5.41) is 7.73. The van der Waals surface area contributed by atoms with Gasteiger partial charge in [-0.3, -0.25) is 14.3 Å². The highest BCUT2D eigenvalue weighted by Crippen LogP contribution is 2.40. The standard InChI is InChI=1S/C24H28N4O2/c1-24(2,3)28-21(14-20(26-28)19-11-12-19)23(30)25-15-17-7-9-18(10-8-17)16-27-13-5-4-6-22(27)29/h4-10,13-14,19H,11-12,15-16H2,1-3H3,(H,25,30). The van der Waals surface area contributed by atoms with Crippen LogP contribution in [0, 0.1) is 0 Å². The van der Waals surface area contributed by atoms with Crippen molar-refractivity contribution in [3.63, 3.8) is 0 Å². The van der Waals surface area contributed by atoms with Crippen LogP contribution in [0.15, 0.2) is 59.5 Å². The van der Waals surface area contributed by atoms with Gasteiger partial charge in [-0.15, -0.1) is 0 Å². The van der Waals surface area contributed by atoms with Crippen LogP contribution >= 0.6 is 0 Å². The van der Waals surface area contributed by atoms with E-state index >= 15 is 0 Å². The lowest BCUT2D eigenvalue weighted by molar-refractivity contribution is 0.0932. The van der Waals surface area contributed by atoms with Crippen molar-refractivity contribution in [1.29, 1.82) is 0 Å². The third-order valence-electron chi connectivity index (χ3n) is 5.32. The summed E-state index contributed by atoms with van der Waals surface area (Å²) in [6.45, 7) is 7.15. The van der Waals surface area contributed by atoms with Crippen molar-refractivity contribution in [3.05, 3.63) is 87.6 Å². The van der Waals surface area contributed by atoms with Gasteiger partial charge in [0, 0.05) is 24.7 Å². The number of nitrogens with zero attached hydrogens (tertiary/aromatic N) is 3. The first-order valence-electron chi connectivity index (χ1n) is 10.4. The fraction of sp³-hybridized carbons (Fsp3) is 0.375. The molecule has 30 heavy (non-hydrogen) atoms. The van der Waals surface area contributed by atoms with Crippen LogP contribution < -0.4 is 10.9 Å². The highest BCUT2D eigenvalue weighted by molar-refractivity contribution is 5.92. The zero-order valence-corrected chi connectivity index (χ0v) is 17.8. The Morgan fingerprint density at radius 1 is 1.10 bits per heavy atom. The molecule has 0 atom stereocenters. The molecule has 0 radical (unpaired) electrons. The molecule has 3 aromatic rings. The van der Waals surface area contributed by atoms with Gasteiger partial charge < -0.3 is 9.88 Å². The summed E-state index contributed by atoms with van der Waals surface area (Å²) in [6.07, 6.45) is 4.10. The minimum Gasteiger partial charge on any atom is -0.347 e. The Hall–Kier alpha value is -3.15. The molecule has 6 nitrogen and oxygen atoms in total. The number of aromatic nitrogens is 3. The van der Waals surface area contributed by atoms with Gasteiger partial charge in [0.2, 0.25) is 0 Å². The second kappa shape index (κ2) is 7.94. The largest absolute Gasteiger partial charge is 0.347 e. The average Bonchev–Trinajstić information content (AvgIpc) is 3.46. The summed E-state index contributed by atoms with van der Waals surface area (Å²) < 4.78 is 3.51. The average molecular weight is 405 g/mol. The Kier molecular flexibility index (Phi) is 5.33. The molecule has 0 bridgehead atoms. The third kappa shape index (κ3) is 4.53. The fourth-order valence-corrected chi connectivity index (χ4v) is 3.47. The van der Waals surface area contributed by atoms with Crippen molar-refractivity contribution >= 4 is 5.91 Å². The van der Waals surface area contributed by atoms with E-state index in [1.54, 1.807) is 22.9 Å². The Morgan fingerprint density at radius 3 is 2.43 bits per heavy atom. The molecule has 1 amide bonds. The molecule has 1 aliphatic rings. The number of hydrogen-bond donors (Lipinski definition) is 1. The molecule has 0 aliphatic heterocycles. The minimum absolute atomic E-state index is 0.0186. The number of benzene rings is 1. The fourth-order valence-electron chi connectivity index (χ4n) is 3.47. The van der Waals surface area contributed by atoms with E-state index < -0.39 is 0 Å². The number of amides is 1. The lowest BCUT2D eigenvalue weighted by Gasteiger charge is -2.22. The molecule has 156 valence electrons. The van der Waals surface area contributed by atoms with Crippen LogP contribution in [0.2, 0.25) is 0 Å². The monoisotopic (exact) mass is 404 g/mol. The predicted molar refractivity (Wildman–Crippen MR) is 117 cm³/mol. The minimum atomic E-state index is -0.253. The highest BCUT2D eigenvalue weighted by Gasteiger charge is 2.31. The van der Waals surface area contributed by atoms with Crippen molar-refractivity contribution in [1.82, 2.24) is 19.7 Å². The quantitative estimate of drug-likeness (QED) is 0.682. The Morgan fingerprint density at radius 2 is 1.80 bits per heavy atom. The maximum Gasteiger partial charge on any atom is 0.269 e. The van der Waals surface area contributed by atoms with Crippen molar-refractivity contribution < 1.29 is 4.79 Å². The van der Waals surface area contributed by atoms with E-state index in [1.807, 2.05) is 41.1 Å². The van der Waals surface area contributed by atoms with Crippen LogP contribution in [-0.4, -0.2) is 20.3 Å². The molecule has 1 N–H and O–H groups in total. The molecule has 6 heteroatoms. The molecular formula is C24H28N4O2. The molecule has 0 unspecified atom stereocenters. The first-order valence-corrected chi connectivity index (χ1v) is 10.4. The van der Waals surface area contributed by atoms with Crippen molar-refractivity contribution in [2.24, 2.45) is 0 Å². The molecule has 1 saturated carbocycles. The second-order valence-corrected chi connectivity index (χ2v) is 8.98. The highest BCUT2D eigenvalue weighted by atomic mass is 16.2. The van der Waals surface area contributed by atoms with Crippen molar-refractivity contribution in [3.8, 4) is 0 Å². The van der Waals surface area contributed by atoms with Crippen molar-refractivity contribution in [2.45, 2.75) is 58.2 Å².